The van der Waals surface area contributed by atoms with Crippen molar-refractivity contribution in [1.82, 2.24) is 9.88 Å². The highest BCUT2D eigenvalue weighted by Gasteiger charge is 2.17. The fourth-order valence-electron chi connectivity index (χ4n) is 2.21. The van der Waals surface area contributed by atoms with E-state index in [1.54, 1.807) is 0 Å². The molecule has 0 atom stereocenters. The van der Waals surface area contributed by atoms with Crippen LogP contribution in [0.15, 0.2) is 12.1 Å². The topological polar surface area (TPSA) is 126 Å². The van der Waals surface area contributed by atoms with Gasteiger partial charge in [0, 0.05) is 26.1 Å². The molecule has 0 bridgehead atoms. The number of nitrogens with zero attached hydrogens (tertiary/aromatic N) is 3. The van der Waals surface area contributed by atoms with E-state index in [-0.39, 0.29) is 17.4 Å². The van der Waals surface area contributed by atoms with Crippen LogP contribution in [0.25, 0.3) is 0 Å². The summed E-state index contributed by atoms with van der Waals surface area (Å²) < 4.78 is 0. The van der Waals surface area contributed by atoms with Crippen LogP contribution in [0.5, 0.6) is 0 Å². The van der Waals surface area contributed by atoms with Gasteiger partial charge in [0.1, 0.15) is 11.6 Å². The zero-order chi connectivity index (χ0) is 15.2. The summed E-state index contributed by atoms with van der Waals surface area (Å²) in [6.07, 6.45) is 2.43. The van der Waals surface area contributed by atoms with Gasteiger partial charge < -0.3 is 15.6 Å². The lowest BCUT2D eigenvalue weighted by molar-refractivity contribution is -0.384. The van der Waals surface area contributed by atoms with E-state index in [1.807, 2.05) is 4.90 Å². The maximum Gasteiger partial charge on any atom is 0.276 e. The van der Waals surface area contributed by atoms with Gasteiger partial charge in [-0.3, -0.25) is 14.9 Å². The molecule has 0 saturated carbocycles. The number of likely N-dealkylation sites (tertiary alicyclic amines) is 1. The minimum absolute atomic E-state index is 0.0857. The number of nitro groups is 1. The number of carbonyl (C=O) groups is 1. The molecule has 0 aliphatic carbocycles. The molecule has 1 aliphatic heterocycles. The predicted molar refractivity (Wildman–Crippen MR) is 77.6 cm³/mol. The van der Waals surface area contributed by atoms with E-state index >= 15 is 0 Å². The number of nitrogens with one attached hydrogen (secondary N) is 2. The van der Waals surface area contributed by atoms with Crippen molar-refractivity contribution in [3.8, 4) is 0 Å². The lowest BCUT2D eigenvalue weighted by atomic mass is 10.3. The van der Waals surface area contributed by atoms with Gasteiger partial charge >= 0.3 is 0 Å². The lowest BCUT2D eigenvalue weighted by Crippen LogP contribution is -2.29. The molecule has 0 spiro atoms. The minimum atomic E-state index is -0.525. The maximum absolute atomic E-state index is 11.9. The zero-order valence-corrected chi connectivity index (χ0v) is 11.5. The standard InChI is InChI=1S/C12H18N6O3/c13-16-11-8-9(18(20)21)7-10(15-11)14-4-3-12(19)17-5-1-2-6-17/h7-8H,1-6,13H2,(H2,14,15,16). The molecule has 0 aromatic carbocycles. The Bertz CT molecular complexity index is 530. The molecule has 1 aromatic rings. The molecular weight excluding hydrogens is 276 g/mol. The summed E-state index contributed by atoms with van der Waals surface area (Å²) in [4.78, 5) is 28.0. The number of hydrogen-bond donors (Lipinski definition) is 3. The molecule has 4 N–H and O–H groups in total. The van der Waals surface area contributed by atoms with Crippen molar-refractivity contribution < 1.29 is 9.72 Å². The molecule has 1 aliphatic rings. The highest BCUT2D eigenvalue weighted by Crippen LogP contribution is 2.20. The van der Waals surface area contributed by atoms with E-state index in [0.717, 1.165) is 25.9 Å². The van der Waals surface area contributed by atoms with Crippen LogP contribution in [-0.2, 0) is 4.79 Å². The van der Waals surface area contributed by atoms with Crippen LogP contribution in [0.2, 0.25) is 0 Å². The van der Waals surface area contributed by atoms with Crippen molar-refractivity contribution in [3.05, 3.63) is 22.2 Å². The second kappa shape index (κ2) is 6.84. The summed E-state index contributed by atoms with van der Waals surface area (Å²) in [5.74, 6) is 5.81. The Balaban J connectivity index is 1.91. The predicted octanol–water partition coefficient (Wildman–Crippen LogP) is 0.700. The van der Waals surface area contributed by atoms with Crippen molar-refractivity contribution in [1.29, 1.82) is 0 Å². The van der Waals surface area contributed by atoms with Crippen LogP contribution in [-0.4, -0.2) is 40.3 Å². The van der Waals surface area contributed by atoms with Crippen LogP contribution >= 0.6 is 0 Å². The number of anilines is 2. The van der Waals surface area contributed by atoms with E-state index in [4.69, 9.17) is 5.84 Å². The number of aromatic nitrogens is 1. The fraction of sp³-hybridized carbons (Fsp3) is 0.500. The summed E-state index contributed by atoms with van der Waals surface area (Å²) in [7, 11) is 0. The molecule has 1 saturated heterocycles. The third-order valence-corrected chi connectivity index (χ3v) is 3.27. The fourth-order valence-corrected chi connectivity index (χ4v) is 2.21. The normalized spacial score (nSPS) is 14.0. The highest BCUT2D eigenvalue weighted by molar-refractivity contribution is 5.77. The van der Waals surface area contributed by atoms with Crippen LogP contribution in [0.4, 0.5) is 17.3 Å². The van der Waals surface area contributed by atoms with Crippen LogP contribution in [0.1, 0.15) is 19.3 Å². The number of rotatable bonds is 6. The summed E-state index contributed by atoms with van der Waals surface area (Å²) in [5, 5.41) is 13.7. The number of pyridine rings is 1. The second-order valence-corrected chi connectivity index (χ2v) is 4.76. The number of carbonyl (C=O) groups excluding carboxylic acids is 1. The van der Waals surface area contributed by atoms with E-state index in [1.165, 1.54) is 12.1 Å². The van der Waals surface area contributed by atoms with Gasteiger partial charge in [-0.1, -0.05) is 0 Å². The Morgan fingerprint density at radius 3 is 2.67 bits per heavy atom. The Labute approximate surface area is 121 Å². The molecular formula is C12H18N6O3. The van der Waals surface area contributed by atoms with Gasteiger partial charge in [-0.15, -0.1) is 0 Å². The molecule has 9 heteroatoms. The molecule has 0 unspecified atom stereocenters. The first-order valence-corrected chi connectivity index (χ1v) is 6.75. The molecule has 2 rings (SSSR count). The van der Waals surface area contributed by atoms with Crippen molar-refractivity contribution in [2.24, 2.45) is 5.84 Å². The molecule has 0 radical (unpaired) electrons. The van der Waals surface area contributed by atoms with E-state index in [2.05, 4.69) is 15.7 Å². The smallest absolute Gasteiger partial charge is 0.276 e. The number of amides is 1. The van der Waals surface area contributed by atoms with E-state index < -0.39 is 4.92 Å². The average molecular weight is 294 g/mol. The second-order valence-electron chi connectivity index (χ2n) is 4.76. The van der Waals surface area contributed by atoms with Gasteiger partial charge in [0.15, 0.2) is 0 Å². The number of hydrazine groups is 1. The third-order valence-electron chi connectivity index (χ3n) is 3.27. The average Bonchev–Trinajstić information content (AvgIpc) is 3.01. The van der Waals surface area contributed by atoms with Gasteiger partial charge in [-0.25, -0.2) is 10.8 Å². The van der Waals surface area contributed by atoms with E-state index in [9.17, 15) is 14.9 Å². The molecule has 1 fully saturated rings. The van der Waals surface area contributed by atoms with Gasteiger partial charge in [-0.2, -0.15) is 0 Å². The first kappa shape index (κ1) is 15.0. The number of nitrogen functional groups attached to an aromatic ring is 1. The van der Waals surface area contributed by atoms with Gasteiger partial charge in [-0.05, 0) is 12.8 Å². The minimum Gasteiger partial charge on any atom is -0.369 e. The van der Waals surface area contributed by atoms with Crippen LogP contribution < -0.4 is 16.6 Å². The first-order chi connectivity index (χ1) is 10.1. The van der Waals surface area contributed by atoms with Gasteiger partial charge in [0.05, 0.1) is 17.1 Å². The summed E-state index contributed by atoms with van der Waals surface area (Å²) >= 11 is 0. The van der Waals surface area contributed by atoms with E-state index in [0.29, 0.717) is 18.8 Å². The number of hydrogen-bond acceptors (Lipinski definition) is 7. The lowest BCUT2D eigenvalue weighted by Gasteiger charge is -2.15. The zero-order valence-electron chi connectivity index (χ0n) is 11.5. The summed E-state index contributed by atoms with van der Waals surface area (Å²) in [6.45, 7) is 2.00. The monoisotopic (exact) mass is 294 g/mol. The molecule has 1 amide bonds. The van der Waals surface area contributed by atoms with Crippen molar-refractivity contribution in [3.63, 3.8) is 0 Å². The number of nitrogens with two attached hydrogens (primary N) is 1. The first-order valence-electron chi connectivity index (χ1n) is 6.75. The summed E-state index contributed by atoms with van der Waals surface area (Å²) in [5.41, 5.74) is 2.16. The Morgan fingerprint density at radius 2 is 2.05 bits per heavy atom. The molecule has 1 aromatic heterocycles. The SMILES string of the molecule is NNc1cc([N+](=O)[O-])cc(NCCC(=O)N2CCCC2)n1. The Morgan fingerprint density at radius 1 is 1.38 bits per heavy atom. The van der Waals surface area contributed by atoms with Crippen molar-refractivity contribution >= 4 is 23.2 Å². The van der Waals surface area contributed by atoms with Crippen LogP contribution in [0.3, 0.4) is 0 Å². The molecule has 2 heterocycles. The molecule has 21 heavy (non-hydrogen) atoms. The molecule has 9 nitrogen and oxygen atoms in total. The van der Waals surface area contributed by atoms with Crippen molar-refractivity contribution in [2.75, 3.05) is 30.4 Å². The summed E-state index contributed by atoms with van der Waals surface area (Å²) in [6, 6.07) is 2.54. The Kier molecular flexibility index (Phi) is 4.88. The highest BCUT2D eigenvalue weighted by atomic mass is 16.6. The molecule has 114 valence electrons. The van der Waals surface area contributed by atoms with Crippen molar-refractivity contribution in [2.45, 2.75) is 19.3 Å². The Hall–Kier alpha value is -2.42. The van der Waals surface area contributed by atoms with Gasteiger partial charge in [0.2, 0.25) is 5.91 Å². The largest absolute Gasteiger partial charge is 0.369 e. The third kappa shape index (κ3) is 4.02. The quantitative estimate of drug-likeness (QED) is 0.400. The maximum atomic E-state index is 11.9. The van der Waals surface area contributed by atoms with Gasteiger partial charge in [0.25, 0.3) is 5.69 Å². The van der Waals surface area contributed by atoms with Crippen LogP contribution in [0, 0.1) is 10.1 Å².